The monoisotopic (exact) mass is 365 g/mol. The molecule has 0 spiro atoms. The van der Waals surface area contributed by atoms with E-state index in [4.69, 9.17) is 4.74 Å². The molecule has 0 aromatic carbocycles. The molecule has 0 unspecified atom stereocenters. The van der Waals surface area contributed by atoms with E-state index in [1.807, 2.05) is 0 Å². The van der Waals surface area contributed by atoms with E-state index >= 15 is 0 Å². The molecule has 0 aromatic rings. The van der Waals surface area contributed by atoms with Gasteiger partial charge in [-0.05, 0) is 33.1 Å². The maximum absolute atomic E-state index is 12.9. The van der Waals surface area contributed by atoms with Crippen molar-refractivity contribution in [2.24, 2.45) is 5.92 Å². The van der Waals surface area contributed by atoms with Crippen LogP contribution in [0.3, 0.4) is 0 Å². The number of nitrogens with zero attached hydrogens (tertiary/aromatic N) is 1. The molecule has 0 aromatic heterocycles. The first-order chi connectivity index (χ1) is 9.82. The van der Waals surface area contributed by atoms with Gasteiger partial charge in [-0.1, -0.05) is 20.3 Å². The number of carbonyl (C=O) groups excluding carboxylic acids is 2. The Kier molecular flexibility index (Phi) is 11.4. The van der Waals surface area contributed by atoms with Crippen LogP contribution in [-0.4, -0.2) is 49.1 Å². The van der Waals surface area contributed by atoms with E-state index in [1.54, 1.807) is 13.8 Å². The third-order valence-corrected chi connectivity index (χ3v) is 2.99. The molecule has 0 saturated heterocycles. The van der Waals surface area contributed by atoms with Crippen LogP contribution in [0.15, 0.2) is 0 Å². The van der Waals surface area contributed by atoms with Crippen LogP contribution in [0.5, 0.6) is 0 Å². The Bertz CT molecular complexity index is 402. The Labute approximate surface area is 178 Å². The van der Waals surface area contributed by atoms with E-state index in [2.05, 4.69) is 4.74 Å². The van der Waals surface area contributed by atoms with Gasteiger partial charge in [-0.15, -0.1) is 0 Å². The van der Waals surface area contributed by atoms with Gasteiger partial charge in [0.25, 0.3) is 0 Å². The van der Waals surface area contributed by atoms with Crippen LogP contribution in [0.1, 0.15) is 41.0 Å². The Morgan fingerprint density at radius 1 is 1.22 bits per heavy atom. The van der Waals surface area contributed by atoms with Crippen LogP contribution in [0.2, 0.25) is 0 Å². The van der Waals surface area contributed by atoms with E-state index < -0.39 is 43.0 Å². The zero-order valence-electron chi connectivity index (χ0n) is 14.9. The molecular weight excluding hydrogens is 341 g/mol. The Balaban J connectivity index is 0. The summed E-state index contributed by atoms with van der Waals surface area (Å²) in [5.74, 6) is -1.39. The Morgan fingerprint density at radius 2 is 1.70 bits per heavy atom. The molecule has 5 nitrogen and oxygen atoms in total. The van der Waals surface area contributed by atoms with E-state index in [-0.39, 0.29) is 51.4 Å². The molecule has 23 heavy (non-hydrogen) atoms. The normalized spacial score (nSPS) is 14.3. The molecule has 0 N–H and O–H groups in total. The van der Waals surface area contributed by atoms with Crippen molar-refractivity contribution in [3.8, 4) is 0 Å². The molecule has 130 valence electrons. The summed E-state index contributed by atoms with van der Waals surface area (Å²) in [6, 6.07) is -1.34. The largest absolute Gasteiger partial charge is 1.00 e. The molecule has 0 rings (SSSR count). The summed E-state index contributed by atoms with van der Waals surface area (Å²) >= 11 is 0. The summed E-state index contributed by atoms with van der Waals surface area (Å²) in [4.78, 5) is 24.4. The average molecular weight is 365 g/mol. The van der Waals surface area contributed by atoms with Gasteiger partial charge in [-0.2, -0.15) is 0 Å². The van der Waals surface area contributed by atoms with Crippen molar-refractivity contribution in [2.75, 3.05) is 13.6 Å². The van der Waals surface area contributed by atoms with Gasteiger partial charge in [0.15, 0.2) is 0 Å². The summed E-state index contributed by atoms with van der Waals surface area (Å²) in [5, 5.41) is 0. The SMILES string of the molecule is CC[C@H](C)[C@@H](C(=O)OC)N(C[B-](F)(F)F)C(=O)OC(C)(C)C.[K+]. The van der Waals surface area contributed by atoms with Gasteiger partial charge in [0.05, 0.1) is 7.11 Å². The molecule has 0 radical (unpaired) electrons. The van der Waals surface area contributed by atoms with Crippen LogP contribution in [0.25, 0.3) is 0 Å². The third-order valence-electron chi connectivity index (χ3n) is 2.99. The molecule has 0 saturated carbocycles. The molecule has 0 aliphatic heterocycles. The summed E-state index contributed by atoms with van der Waals surface area (Å²) in [7, 11) is 1.07. The molecule has 1 amide bonds. The van der Waals surface area contributed by atoms with E-state index in [0.29, 0.717) is 11.3 Å². The molecule has 0 aliphatic carbocycles. The van der Waals surface area contributed by atoms with Crippen LogP contribution in [-0.2, 0) is 14.3 Å². The third kappa shape index (κ3) is 9.96. The molecule has 10 heteroatoms. The van der Waals surface area contributed by atoms with Crippen molar-refractivity contribution in [2.45, 2.75) is 52.7 Å². The predicted octanol–water partition coefficient (Wildman–Crippen LogP) is 0.202. The predicted molar refractivity (Wildman–Crippen MR) is 77.3 cm³/mol. The number of hydrogen-bond donors (Lipinski definition) is 0. The fourth-order valence-electron chi connectivity index (χ4n) is 1.86. The van der Waals surface area contributed by atoms with E-state index in [9.17, 15) is 22.5 Å². The first-order valence-electron chi connectivity index (χ1n) is 7.10. The number of rotatable bonds is 6. The van der Waals surface area contributed by atoms with Crippen LogP contribution < -0.4 is 51.4 Å². The van der Waals surface area contributed by atoms with Crippen molar-refractivity contribution in [3.05, 3.63) is 0 Å². The average Bonchev–Trinajstić information content (AvgIpc) is 2.33. The topological polar surface area (TPSA) is 55.8 Å². The van der Waals surface area contributed by atoms with E-state index in [1.165, 1.54) is 20.8 Å². The number of esters is 1. The molecular formula is C13H24BF3KNO4. The molecule has 0 aliphatic rings. The first kappa shape index (κ1) is 25.5. The second-order valence-electron chi connectivity index (χ2n) is 6.20. The minimum Gasteiger partial charge on any atom is -0.467 e. The number of amides is 1. The molecule has 2 atom stereocenters. The van der Waals surface area contributed by atoms with Crippen molar-refractivity contribution in [3.63, 3.8) is 0 Å². The van der Waals surface area contributed by atoms with Crippen LogP contribution in [0, 0.1) is 5.92 Å². The smallest absolute Gasteiger partial charge is 0.467 e. The Morgan fingerprint density at radius 3 is 2.00 bits per heavy atom. The zero-order valence-corrected chi connectivity index (χ0v) is 18.0. The van der Waals surface area contributed by atoms with Crippen molar-refractivity contribution >= 4 is 19.0 Å². The maximum Gasteiger partial charge on any atom is 1.00 e. The van der Waals surface area contributed by atoms with Gasteiger partial charge in [-0.3, -0.25) is 0 Å². The number of carbonyl (C=O) groups is 2. The number of ether oxygens (including phenoxy) is 2. The fourth-order valence-corrected chi connectivity index (χ4v) is 1.86. The minimum atomic E-state index is -5.32. The number of hydrogen-bond acceptors (Lipinski definition) is 4. The van der Waals surface area contributed by atoms with Crippen LogP contribution in [0.4, 0.5) is 17.7 Å². The van der Waals surface area contributed by atoms with Crippen molar-refractivity contribution in [1.82, 2.24) is 4.90 Å². The molecule has 0 fully saturated rings. The van der Waals surface area contributed by atoms with Gasteiger partial charge in [0, 0.05) is 0 Å². The second kappa shape index (κ2) is 10.3. The Hall–Kier alpha value is 0.231. The molecule has 0 bridgehead atoms. The standard InChI is InChI=1S/C13H24BF3NO4.K/c1-7-9(2)10(11(19)21-6)18(8-14(15,16)17)12(20)22-13(3,4)5;/h9-10H,7-8H2,1-6H3;/q-1;+1/t9-,10-;/m0./s1. The van der Waals surface area contributed by atoms with Gasteiger partial charge in [0.2, 0.25) is 0 Å². The van der Waals surface area contributed by atoms with Crippen LogP contribution >= 0.6 is 0 Å². The van der Waals surface area contributed by atoms with Crippen molar-refractivity contribution in [1.29, 1.82) is 0 Å². The maximum atomic E-state index is 12.9. The van der Waals surface area contributed by atoms with Gasteiger partial charge in [-0.25, -0.2) is 9.59 Å². The number of methoxy groups -OCH3 is 1. The summed E-state index contributed by atoms with van der Waals surface area (Å²) in [6.07, 6.45) is -2.29. The van der Waals surface area contributed by atoms with Gasteiger partial charge < -0.3 is 27.3 Å². The summed E-state index contributed by atoms with van der Waals surface area (Å²) in [6.45, 7) is 2.60. The van der Waals surface area contributed by atoms with Crippen molar-refractivity contribution < 1.29 is 83.4 Å². The quantitative estimate of drug-likeness (QED) is 0.499. The first-order valence-corrected chi connectivity index (χ1v) is 7.10. The van der Waals surface area contributed by atoms with Gasteiger partial charge >= 0.3 is 70.4 Å². The summed E-state index contributed by atoms with van der Waals surface area (Å²) in [5.41, 5.74) is -0.968. The number of halogens is 3. The van der Waals surface area contributed by atoms with Gasteiger partial charge in [0.1, 0.15) is 11.6 Å². The second-order valence-corrected chi connectivity index (χ2v) is 6.20. The summed E-state index contributed by atoms with van der Waals surface area (Å²) < 4.78 is 48.1. The zero-order chi connectivity index (χ0) is 17.7. The van der Waals surface area contributed by atoms with E-state index in [0.717, 1.165) is 7.11 Å². The minimum absolute atomic E-state index is 0. The fraction of sp³-hybridized carbons (Fsp3) is 0.846. The molecule has 0 heterocycles.